The highest BCUT2D eigenvalue weighted by Crippen LogP contribution is 2.31. The summed E-state index contributed by atoms with van der Waals surface area (Å²) in [5.41, 5.74) is 0.606. The van der Waals surface area contributed by atoms with E-state index in [-0.39, 0.29) is 29.4 Å². The van der Waals surface area contributed by atoms with Crippen molar-refractivity contribution in [2.45, 2.75) is 52.6 Å². The Morgan fingerprint density at radius 1 is 1.27 bits per heavy atom. The number of benzene rings is 1. The van der Waals surface area contributed by atoms with Crippen LogP contribution in [0.3, 0.4) is 0 Å². The van der Waals surface area contributed by atoms with Crippen LogP contribution in [0.1, 0.15) is 39.7 Å². The third-order valence-corrected chi connectivity index (χ3v) is 3.49. The molecule has 0 N–H and O–H groups in total. The molecule has 0 saturated heterocycles. The van der Waals surface area contributed by atoms with Crippen molar-refractivity contribution in [3.63, 3.8) is 0 Å². The van der Waals surface area contributed by atoms with Gasteiger partial charge in [-0.05, 0) is 34.1 Å². The fourth-order valence-electron chi connectivity index (χ4n) is 2.69. The molecule has 6 heteroatoms. The number of hydrogen-bond acceptors (Lipinski definition) is 4. The summed E-state index contributed by atoms with van der Waals surface area (Å²) >= 11 is 0. The van der Waals surface area contributed by atoms with E-state index in [9.17, 15) is 14.9 Å². The maximum atomic E-state index is 12.4. The Balaban J connectivity index is 2.90. The van der Waals surface area contributed by atoms with Crippen LogP contribution in [-0.2, 0) is 11.2 Å². The lowest BCUT2D eigenvalue weighted by Crippen LogP contribution is -2.42. The Morgan fingerprint density at radius 2 is 1.86 bits per heavy atom. The van der Waals surface area contributed by atoms with Crippen molar-refractivity contribution >= 4 is 11.6 Å². The van der Waals surface area contributed by atoms with Crippen LogP contribution >= 0.6 is 0 Å². The number of amides is 1. The highest BCUT2D eigenvalue weighted by atomic mass is 16.6. The molecule has 1 aromatic carbocycles. The van der Waals surface area contributed by atoms with Crippen molar-refractivity contribution in [3.05, 3.63) is 33.9 Å². The summed E-state index contributed by atoms with van der Waals surface area (Å²) in [6, 6.07) is 5.02. The normalized spacial score (nSPS) is 10.9. The number of nitro benzene ring substituents is 1. The number of carbonyl (C=O) groups is 1. The van der Waals surface area contributed by atoms with Gasteiger partial charge in [0.15, 0.2) is 5.75 Å². The van der Waals surface area contributed by atoms with Crippen molar-refractivity contribution in [2.24, 2.45) is 0 Å². The van der Waals surface area contributed by atoms with E-state index < -0.39 is 4.92 Å². The second-order valence-corrected chi connectivity index (χ2v) is 5.72. The molecule has 22 heavy (non-hydrogen) atoms. The smallest absolute Gasteiger partial charge is 0.311 e. The van der Waals surface area contributed by atoms with Crippen LogP contribution in [0.25, 0.3) is 0 Å². The first-order valence-corrected chi connectivity index (χ1v) is 7.41. The lowest BCUT2D eigenvalue weighted by atomic mass is 10.1. The minimum atomic E-state index is -0.474. The van der Waals surface area contributed by atoms with Crippen LogP contribution in [0, 0.1) is 10.1 Å². The molecule has 0 aliphatic heterocycles. The van der Waals surface area contributed by atoms with Crippen LogP contribution in [0.15, 0.2) is 18.2 Å². The first kappa shape index (κ1) is 17.9. The van der Waals surface area contributed by atoms with Crippen LogP contribution in [-0.4, -0.2) is 34.9 Å². The quantitative estimate of drug-likeness (QED) is 0.573. The Labute approximate surface area is 131 Å². The molecular formula is C16H24N2O4. The summed E-state index contributed by atoms with van der Waals surface area (Å²) in [5, 5.41) is 11.0. The molecule has 0 bridgehead atoms. The van der Waals surface area contributed by atoms with Crippen molar-refractivity contribution in [1.29, 1.82) is 0 Å². The van der Waals surface area contributed by atoms with E-state index in [0.717, 1.165) is 0 Å². The van der Waals surface area contributed by atoms with Gasteiger partial charge in [-0.3, -0.25) is 14.9 Å². The maximum Gasteiger partial charge on any atom is 0.311 e. The lowest BCUT2D eigenvalue weighted by Gasteiger charge is -2.31. The predicted octanol–water partition coefficient (Wildman–Crippen LogP) is 3.18. The largest absolute Gasteiger partial charge is 0.490 e. The van der Waals surface area contributed by atoms with Crippen LogP contribution in [0.4, 0.5) is 5.69 Å². The Bertz CT molecular complexity index is 533. The second kappa shape index (κ2) is 7.77. The Hall–Kier alpha value is -2.11. The first-order chi connectivity index (χ1) is 10.3. The molecule has 0 atom stereocenters. The SMILES string of the molecule is COc1c(CCC(=O)N(C(C)C)C(C)C)cccc1[N+](=O)[O-]. The fourth-order valence-corrected chi connectivity index (χ4v) is 2.69. The van der Waals surface area contributed by atoms with Gasteiger partial charge in [0.25, 0.3) is 0 Å². The molecular weight excluding hydrogens is 284 g/mol. The Morgan fingerprint density at radius 3 is 2.32 bits per heavy atom. The molecule has 0 heterocycles. The summed E-state index contributed by atoms with van der Waals surface area (Å²) in [6.45, 7) is 7.91. The zero-order valence-corrected chi connectivity index (χ0v) is 13.8. The molecule has 0 spiro atoms. The Kier molecular flexibility index (Phi) is 6.34. The summed E-state index contributed by atoms with van der Waals surface area (Å²) in [5.74, 6) is 0.277. The number of hydrogen-bond donors (Lipinski definition) is 0. The fraction of sp³-hybridized carbons (Fsp3) is 0.562. The van der Waals surface area contributed by atoms with Gasteiger partial charge in [-0.15, -0.1) is 0 Å². The molecule has 0 radical (unpaired) electrons. The zero-order valence-electron chi connectivity index (χ0n) is 13.8. The van der Waals surface area contributed by atoms with E-state index in [4.69, 9.17) is 4.74 Å². The van der Waals surface area contributed by atoms with Crippen molar-refractivity contribution in [2.75, 3.05) is 7.11 Å². The van der Waals surface area contributed by atoms with Gasteiger partial charge in [0.2, 0.25) is 5.91 Å². The van der Waals surface area contributed by atoms with Gasteiger partial charge in [-0.2, -0.15) is 0 Å². The van der Waals surface area contributed by atoms with Gasteiger partial charge >= 0.3 is 5.69 Å². The number of aryl methyl sites for hydroxylation is 1. The van der Waals surface area contributed by atoms with Crippen LogP contribution in [0.2, 0.25) is 0 Å². The minimum Gasteiger partial charge on any atom is -0.490 e. The number of rotatable bonds is 7. The zero-order chi connectivity index (χ0) is 16.9. The van der Waals surface area contributed by atoms with Crippen LogP contribution in [0.5, 0.6) is 5.75 Å². The highest BCUT2D eigenvalue weighted by molar-refractivity contribution is 5.77. The third kappa shape index (κ3) is 4.19. The summed E-state index contributed by atoms with van der Waals surface area (Å²) in [6.07, 6.45) is 0.716. The average molecular weight is 308 g/mol. The number of carbonyl (C=O) groups excluding carboxylic acids is 1. The average Bonchev–Trinajstić information content (AvgIpc) is 2.43. The monoisotopic (exact) mass is 308 g/mol. The van der Waals surface area contributed by atoms with Gasteiger partial charge in [-0.1, -0.05) is 12.1 Å². The standard InChI is InChI=1S/C16H24N2O4/c1-11(2)17(12(3)4)15(19)10-9-13-7-6-8-14(18(20)21)16(13)22-5/h6-8,11-12H,9-10H2,1-5H3. The van der Waals surface area contributed by atoms with E-state index in [1.54, 1.807) is 12.1 Å². The summed E-state index contributed by atoms with van der Waals surface area (Å²) in [7, 11) is 1.40. The molecule has 0 unspecified atom stereocenters. The maximum absolute atomic E-state index is 12.4. The molecule has 0 saturated carbocycles. The van der Waals surface area contributed by atoms with Gasteiger partial charge in [0.05, 0.1) is 12.0 Å². The number of ether oxygens (including phenoxy) is 1. The topological polar surface area (TPSA) is 72.7 Å². The summed E-state index contributed by atoms with van der Waals surface area (Å²) in [4.78, 5) is 24.7. The van der Waals surface area contributed by atoms with E-state index in [0.29, 0.717) is 18.4 Å². The number of para-hydroxylation sites is 1. The van der Waals surface area contributed by atoms with Crippen molar-refractivity contribution in [1.82, 2.24) is 4.90 Å². The molecule has 1 amide bonds. The molecule has 122 valence electrons. The molecule has 0 aliphatic rings. The van der Waals surface area contributed by atoms with Crippen LogP contribution < -0.4 is 4.74 Å². The highest BCUT2D eigenvalue weighted by Gasteiger charge is 2.22. The predicted molar refractivity (Wildman–Crippen MR) is 85.1 cm³/mol. The number of nitro groups is 1. The van der Waals surface area contributed by atoms with E-state index >= 15 is 0 Å². The number of methoxy groups -OCH3 is 1. The third-order valence-electron chi connectivity index (χ3n) is 3.49. The first-order valence-electron chi connectivity index (χ1n) is 7.41. The molecule has 1 aromatic rings. The minimum absolute atomic E-state index is 0.0403. The van der Waals surface area contributed by atoms with E-state index in [1.807, 2.05) is 32.6 Å². The van der Waals surface area contributed by atoms with E-state index in [1.165, 1.54) is 13.2 Å². The molecule has 6 nitrogen and oxygen atoms in total. The second-order valence-electron chi connectivity index (χ2n) is 5.72. The number of nitrogens with zero attached hydrogens (tertiary/aromatic N) is 2. The van der Waals surface area contributed by atoms with Crippen molar-refractivity contribution in [3.8, 4) is 5.75 Å². The van der Waals surface area contributed by atoms with Crippen molar-refractivity contribution < 1.29 is 14.5 Å². The molecule has 0 aromatic heterocycles. The molecule has 0 aliphatic carbocycles. The van der Waals surface area contributed by atoms with Gasteiger partial charge in [-0.25, -0.2) is 0 Å². The molecule has 1 rings (SSSR count). The van der Waals surface area contributed by atoms with Gasteiger partial charge in [0.1, 0.15) is 0 Å². The van der Waals surface area contributed by atoms with Gasteiger partial charge < -0.3 is 9.64 Å². The molecule has 0 fully saturated rings. The summed E-state index contributed by atoms with van der Waals surface area (Å²) < 4.78 is 5.16. The van der Waals surface area contributed by atoms with E-state index in [2.05, 4.69) is 0 Å². The lowest BCUT2D eigenvalue weighted by molar-refractivity contribution is -0.385. The van der Waals surface area contributed by atoms with Gasteiger partial charge in [0, 0.05) is 30.1 Å².